The minimum Gasteiger partial charge on any atom is -0.378 e. The van der Waals surface area contributed by atoms with Crippen LogP contribution in [0.1, 0.15) is 75.8 Å². The van der Waals surface area contributed by atoms with Crippen LogP contribution in [0.3, 0.4) is 0 Å². The van der Waals surface area contributed by atoms with Crippen LogP contribution in [0.4, 0.5) is 17.6 Å². The van der Waals surface area contributed by atoms with E-state index in [0.29, 0.717) is 47.6 Å². The number of H-pyrrole nitrogens is 1. The van der Waals surface area contributed by atoms with Gasteiger partial charge in [0.15, 0.2) is 0 Å². The lowest BCUT2D eigenvalue weighted by Crippen LogP contribution is -2.67. The molecule has 1 aliphatic rings. The van der Waals surface area contributed by atoms with E-state index >= 15 is 0 Å². The lowest BCUT2D eigenvalue weighted by atomic mass is 9.78. The number of fused-ring (bicyclic) bond motifs is 3. The third-order valence-electron chi connectivity index (χ3n) is 10.8. The summed E-state index contributed by atoms with van der Waals surface area (Å²) in [4.78, 5) is 49.8. The van der Waals surface area contributed by atoms with E-state index in [1.165, 1.54) is 24.3 Å². The maximum atomic E-state index is 14.8. The molecule has 5 atom stereocenters. The minimum absolute atomic E-state index is 0.0560. The van der Waals surface area contributed by atoms with Crippen LogP contribution >= 0.6 is 12.2 Å². The molecule has 0 fully saturated rings. The Morgan fingerprint density at radius 2 is 1.75 bits per heavy atom. The second-order valence-corrected chi connectivity index (χ2v) is 15.0. The van der Waals surface area contributed by atoms with Gasteiger partial charge in [0.2, 0.25) is 17.7 Å². The first-order valence-electron chi connectivity index (χ1n) is 18.8. The van der Waals surface area contributed by atoms with Gasteiger partial charge in [-0.2, -0.15) is 13.2 Å². The minimum atomic E-state index is -4.62. The van der Waals surface area contributed by atoms with E-state index in [0.717, 1.165) is 12.5 Å². The summed E-state index contributed by atoms with van der Waals surface area (Å²) in [6.07, 6.45) is 2.35. The van der Waals surface area contributed by atoms with Crippen LogP contribution in [0.25, 0.3) is 10.9 Å². The topological polar surface area (TPSA) is 133 Å². The number of nitrogens with zero attached hydrogens (tertiary/aromatic N) is 2. The van der Waals surface area contributed by atoms with Crippen molar-refractivity contribution in [1.82, 2.24) is 35.8 Å². The smallest absolute Gasteiger partial charge is 0.378 e. The summed E-state index contributed by atoms with van der Waals surface area (Å²) >= 11 is 5.82. The van der Waals surface area contributed by atoms with Gasteiger partial charge in [0.25, 0.3) is 0 Å². The van der Waals surface area contributed by atoms with E-state index in [4.69, 9.17) is 12.2 Å². The van der Waals surface area contributed by atoms with E-state index < -0.39 is 58.8 Å². The van der Waals surface area contributed by atoms with Gasteiger partial charge in [0.1, 0.15) is 17.4 Å². The van der Waals surface area contributed by atoms with Crippen LogP contribution in [0.2, 0.25) is 0 Å². The van der Waals surface area contributed by atoms with E-state index in [2.05, 4.69) is 31.2 Å². The third kappa shape index (κ3) is 9.72. The summed E-state index contributed by atoms with van der Waals surface area (Å²) < 4.78 is 58.6. The largest absolute Gasteiger partial charge is 0.418 e. The summed E-state index contributed by atoms with van der Waals surface area (Å²) in [6, 6.07) is 8.06. The number of thiocarbonyl (C=S) groups is 1. The summed E-state index contributed by atoms with van der Waals surface area (Å²) in [5.74, 6) is -2.81. The fourth-order valence-electron chi connectivity index (χ4n) is 7.10. The molecular weight excluding hydrogens is 735 g/mol. The van der Waals surface area contributed by atoms with Gasteiger partial charge in [-0.15, -0.1) is 0 Å². The number of rotatable bonds is 16. The number of imidazole rings is 1. The Morgan fingerprint density at radius 1 is 1.02 bits per heavy atom. The van der Waals surface area contributed by atoms with Crippen LogP contribution in [0.15, 0.2) is 61.2 Å². The van der Waals surface area contributed by atoms with Crippen molar-refractivity contribution in [3.8, 4) is 0 Å². The van der Waals surface area contributed by atoms with Crippen LogP contribution < -0.4 is 21.3 Å². The number of aromatic nitrogens is 3. The van der Waals surface area contributed by atoms with Crippen molar-refractivity contribution in [3.05, 3.63) is 89.4 Å². The molecule has 2 aromatic carbocycles. The molecule has 5 rings (SSSR count). The molecule has 296 valence electrons. The highest BCUT2D eigenvalue weighted by Crippen LogP contribution is 2.40. The molecule has 15 heteroatoms. The number of nitrogens with one attached hydrogen (secondary N) is 5. The molecule has 2 unspecified atom stereocenters. The second kappa shape index (κ2) is 17.8. The zero-order valence-corrected chi connectivity index (χ0v) is 32.3. The normalized spacial score (nSPS) is 17.7. The highest BCUT2D eigenvalue weighted by Gasteiger charge is 2.47. The number of benzene rings is 2. The molecule has 5 N–H and O–H groups in total. The highest BCUT2D eigenvalue weighted by atomic mass is 32.1. The van der Waals surface area contributed by atoms with Gasteiger partial charge in [0.05, 0.1) is 34.9 Å². The van der Waals surface area contributed by atoms with Gasteiger partial charge < -0.3 is 30.8 Å². The number of aryl methyl sites for hydroxylation is 2. The van der Waals surface area contributed by atoms with Crippen molar-refractivity contribution in [3.63, 3.8) is 0 Å². The molecule has 3 amide bonds. The van der Waals surface area contributed by atoms with E-state index in [1.807, 2.05) is 31.5 Å². The monoisotopic (exact) mass is 783 g/mol. The Balaban J connectivity index is 1.45. The molecule has 0 aliphatic heterocycles. The SMILES string of the molecule is CCC(C)[C@H](NC(=O)Cc1ccccc1F)C(=O)N[C@]1(C(=O)N[C@@H](C(=S)NCCCn2ccnc2)C(C)CC)CCc2[nH]c3c(C(F)(F)F)cccc3c2C1. The Kier molecular flexibility index (Phi) is 13.4. The molecule has 4 aromatic rings. The third-order valence-corrected chi connectivity index (χ3v) is 11.2. The van der Waals surface area contributed by atoms with Gasteiger partial charge in [-0.3, -0.25) is 14.4 Å². The zero-order valence-electron chi connectivity index (χ0n) is 31.5. The van der Waals surface area contributed by atoms with Crippen LogP contribution in [-0.4, -0.2) is 61.4 Å². The Hall–Kier alpha value is -4.79. The number of para-hydroxylation sites is 1. The number of hydrogen-bond donors (Lipinski definition) is 5. The number of alkyl halides is 3. The summed E-state index contributed by atoms with van der Waals surface area (Å²) in [6.45, 7) is 8.81. The molecule has 0 bridgehead atoms. The van der Waals surface area contributed by atoms with E-state index in [9.17, 15) is 31.9 Å². The predicted molar refractivity (Wildman–Crippen MR) is 207 cm³/mol. The van der Waals surface area contributed by atoms with Crippen LogP contribution in [-0.2, 0) is 46.4 Å². The maximum Gasteiger partial charge on any atom is 0.418 e. The first-order chi connectivity index (χ1) is 26.2. The summed E-state index contributed by atoms with van der Waals surface area (Å²) in [7, 11) is 0. The van der Waals surface area contributed by atoms with Crippen molar-refractivity contribution in [1.29, 1.82) is 0 Å². The number of halogens is 4. The summed E-state index contributed by atoms with van der Waals surface area (Å²) in [5, 5.41) is 12.4. The predicted octanol–water partition coefficient (Wildman–Crippen LogP) is 6.18. The average molecular weight is 784 g/mol. The average Bonchev–Trinajstić information content (AvgIpc) is 3.82. The molecule has 55 heavy (non-hydrogen) atoms. The van der Waals surface area contributed by atoms with Gasteiger partial charge >= 0.3 is 6.18 Å². The second-order valence-electron chi connectivity index (χ2n) is 14.5. The highest BCUT2D eigenvalue weighted by molar-refractivity contribution is 7.80. The number of aromatic amines is 1. The van der Waals surface area contributed by atoms with Crippen molar-refractivity contribution in [2.45, 2.75) is 103 Å². The molecule has 0 saturated heterocycles. The summed E-state index contributed by atoms with van der Waals surface area (Å²) in [5.41, 5.74) is -1.33. The number of hydrogen-bond acceptors (Lipinski definition) is 5. The molecule has 2 aromatic heterocycles. The first-order valence-corrected chi connectivity index (χ1v) is 19.2. The maximum absolute atomic E-state index is 14.8. The van der Waals surface area contributed by atoms with Crippen molar-refractivity contribution in [2.75, 3.05) is 6.54 Å². The lowest BCUT2D eigenvalue weighted by molar-refractivity contribution is -0.137. The van der Waals surface area contributed by atoms with Crippen LogP contribution in [0, 0.1) is 17.7 Å². The van der Waals surface area contributed by atoms with Gasteiger partial charge in [-0.25, -0.2) is 9.37 Å². The molecular formula is C40H49F4N7O3S. The van der Waals surface area contributed by atoms with E-state index in [-0.39, 0.29) is 42.7 Å². The van der Waals surface area contributed by atoms with Gasteiger partial charge in [0, 0.05) is 43.0 Å². The molecule has 1 aliphatic carbocycles. The number of carbonyl (C=O) groups excluding carboxylic acids is 3. The molecule has 10 nitrogen and oxygen atoms in total. The fourth-order valence-corrected chi connectivity index (χ4v) is 7.50. The molecule has 0 saturated carbocycles. The Bertz CT molecular complexity index is 1980. The molecule has 0 spiro atoms. The number of amides is 3. The fraction of sp³-hybridized carbons (Fsp3) is 0.475. The van der Waals surface area contributed by atoms with Crippen LogP contribution in [0.5, 0.6) is 0 Å². The molecule has 0 radical (unpaired) electrons. The quantitative estimate of drug-likeness (QED) is 0.0525. The standard InChI is InChI=1S/C40H49F4N7O3S/c1-5-24(3)33(48-32(52)21-26-11-7-8-14-30(26)41)36(53)50-39(16-15-31-28(22-39)27-12-9-13-29(35(27)47-31)40(42,43)44)38(54)49-34(25(4)6-2)37(55)46-17-10-19-51-20-18-45-23-51/h7-9,11-14,18,20,23-25,33-34,47H,5-6,10,15-17,19,21-22H2,1-4H3,(H,46,55)(H,48,52)(H,49,54)(H,50,53)/t24?,25?,33-,34+,39+/m0/s1. The zero-order chi connectivity index (χ0) is 39.9. The first kappa shape index (κ1) is 41.4. The molecule has 2 heterocycles. The number of carbonyl (C=O) groups is 3. The van der Waals surface area contributed by atoms with Crippen molar-refractivity contribution < 1.29 is 31.9 Å². The Labute approximate surface area is 323 Å². The van der Waals surface area contributed by atoms with Gasteiger partial charge in [-0.05, 0) is 54.4 Å². The van der Waals surface area contributed by atoms with E-state index in [1.54, 1.807) is 31.6 Å². The lowest BCUT2D eigenvalue weighted by Gasteiger charge is -2.40. The van der Waals surface area contributed by atoms with Crippen molar-refractivity contribution in [2.24, 2.45) is 11.8 Å². The Morgan fingerprint density at radius 3 is 2.42 bits per heavy atom. The van der Waals surface area contributed by atoms with Gasteiger partial charge in [-0.1, -0.05) is 83.1 Å². The van der Waals surface area contributed by atoms with Crippen molar-refractivity contribution >= 4 is 45.8 Å².